The van der Waals surface area contributed by atoms with Crippen LogP contribution in [0.1, 0.15) is 19.4 Å². The van der Waals surface area contributed by atoms with Crippen LogP contribution >= 0.6 is 11.6 Å². The third kappa shape index (κ3) is 5.17. The van der Waals surface area contributed by atoms with E-state index in [0.29, 0.717) is 24.0 Å². The molecule has 0 spiro atoms. The van der Waals surface area contributed by atoms with E-state index in [1.54, 1.807) is 6.20 Å². The van der Waals surface area contributed by atoms with Crippen molar-refractivity contribution >= 4 is 32.7 Å². The molecule has 0 aliphatic rings. The van der Waals surface area contributed by atoms with Gasteiger partial charge in [0.1, 0.15) is 5.15 Å². The van der Waals surface area contributed by atoms with Gasteiger partial charge in [-0.2, -0.15) is 12.7 Å². The lowest BCUT2D eigenvalue weighted by Crippen LogP contribution is -2.36. The number of hydrogen-bond donors (Lipinski definition) is 1. The normalized spacial score (nSPS) is 12.4. The first kappa shape index (κ1) is 21.8. The fourth-order valence-electron chi connectivity index (χ4n) is 3.32. The number of nitrogens with zero attached hydrogens (tertiary/aromatic N) is 3. The molecule has 0 fully saturated rings. The van der Waals surface area contributed by atoms with Crippen LogP contribution in [0.4, 0.5) is 0 Å². The summed E-state index contributed by atoms with van der Waals surface area (Å²) in [4.78, 5) is 4.06. The average Bonchev–Trinajstić information content (AvgIpc) is 2.98. The highest BCUT2D eigenvalue weighted by Gasteiger charge is 2.15. The molecule has 0 bridgehead atoms. The Morgan fingerprint density at radius 2 is 1.90 bits per heavy atom. The minimum absolute atomic E-state index is 0.350. The fraction of sp³-hybridized carbons (Fsp3) is 0.381. The van der Waals surface area contributed by atoms with E-state index in [9.17, 15) is 8.42 Å². The lowest BCUT2D eigenvalue weighted by atomic mass is 10.0. The van der Waals surface area contributed by atoms with Crippen molar-refractivity contribution in [1.29, 1.82) is 0 Å². The maximum atomic E-state index is 12.0. The summed E-state index contributed by atoms with van der Waals surface area (Å²) in [6.07, 6.45) is 4.46. The van der Waals surface area contributed by atoms with Crippen LogP contribution in [0.15, 0.2) is 42.7 Å². The Balaban J connectivity index is 1.95. The average molecular weight is 435 g/mol. The second-order valence-corrected chi connectivity index (χ2v) is 10.1. The van der Waals surface area contributed by atoms with Gasteiger partial charge in [0.25, 0.3) is 10.2 Å². The summed E-state index contributed by atoms with van der Waals surface area (Å²) in [5.41, 5.74) is 4.35. The Labute approximate surface area is 177 Å². The first-order chi connectivity index (χ1) is 13.7. The first-order valence-electron chi connectivity index (χ1n) is 9.58. The molecule has 0 saturated heterocycles. The van der Waals surface area contributed by atoms with Gasteiger partial charge in [-0.3, -0.25) is 0 Å². The summed E-state index contributed by atoms with van der Waals surface area (Å²) in [6, 6.07) is 10.1. The van der Waals surface area contributed by atoms with E-state index < -0.39 is 10.2 Å². The van der Waals surface area contributed by atoms with Gasteiger partial charge >= 0.3 is 0 Å². The van der Waals surface area contributed by atoms with Gasteiger partial charge in [0, 0.05) is 50.5 Å². The second kappa shape index (κ2) is 8.83. The molecule has 1 aromatic carbocycles. The molecule has 0 aliphatic heterocycles. The van der Waals surface area contributed by atoms with Crippen molar-refractivity contribution in [3.63, 3.8) is 0 Å². The number of aromatic nitrogens is 2. The highest BCUT2D eigenvalue weighted by Crippen LogP contribution is 2.29. The largest absolute Gasteiger partial charge is 0.347 e. The van der Waals surface area contributed by atoms with Crippen molar-refractivity contribution in [2.45, 2.75) is 26.8 Å². The van der Waals surface area contributed by atoms with E-state index in [0.717, 1.165) is 34.1 Å². The highest BCUT2D eigenvalue weighted by molar-refractivity contribution is 7.87. The predicted octanol–water partition coefficient (Wildman–Crippen LogP) is 3.95. The molecule has 0 amide bonds. The van der Waals surface area contributed by atoms with Crippen molar-refractivity contribution in [2.75, 3.05) is 20.6 Å². The minimum atomic E-state index is -3.42. The van der Waals surface area contributed by atoms with Gasteiger partial charge < -0.3 is 4.57 Å². The Morgan fingerprint density at radius 3 is 2.55 bits per heavy atom. The zero-order valence-electron chi connectivity index (χ0n) is 17.2. The number of nitrogens with one attached hydrogen (secondary N) is 1. The number of halogens is 1. The maximum absolute atomic E-state index is 12.0. The van der Waals surface area contributed by atoms with Crippen LogP contribution < -0.4 is 4.72 Å². The molecule has 2 aromatic heterocycles. The lowest BCUT2D eigenvalue weighted by molar-refractivity contribution is 0.506. The molecule has 1 N–H and O–H groups in total. The lowest BCUT2D eigenvalue weighted by Gasteiger charge is -2.11. The van der Waals surface area contributed by atoms with Gasteiger partial charge in [0.05, 0.1) is 0 Å². The molecule has 29 heavy (non-hydrogen) atoms. The number of rotatable bonds is 8. The summed E-state index contributed by atoms with van der Waals surface area (Å²) in [6.45, 7) is 5.61. The van der Waals surface area contributed by atoms with Crippen LogP contribution in [0.25, 0.3) is 22.0 Å². The van der Waals surface area contributed by atoms with Crippen LogP contribution in [0.5, 0.6) is 0 Å². The molecule has 0 radical (unpaired) electrons. The molecule has 6 nitrogen and oxygen atoms in total. The van der Waals surface area contributed by atoms with Crippen LogP contribution in [0, 0.1) is 5.92 Å². The van der Waals surface area contributed by atoms with Crippen LogP contribution in [-0.4, -0.2) is 42.9 Å². The summed E-state index contributed by atoms with van der Waals surface area (Å²) >= 11 is 6.06. The Morgan fingerprint density at radius 1 is 1.17 bits per heavy atom. The smallest absolute Gasteiger partial charge is 0.278 e. The molecule has 3 rings (SSSR count). The van der Waals surface area contributed by atoms with Gasteiger partial charge in [0.2, 0.25) is 0 Å². The molecule has 3 aromatic rings. The van der Waals surface area contributed by atoms with E-state index in [2.05, 4.69) is 52.5 Å². The third-order valence-electron chi connectivity index (χ3n) is 4.75. The molecule has 0 aliphatic carbocycles. The van der Waals surface area contributed by atoms with Crippen molar-refractivity contribution in [1.82, 2.24) is 18.6 Å². The van der Waals surface area contributed by atoms with Gasteiger partial charge in [-0.25, -0.2) is 9.71 Å². The Hall–Kier alpha value is -1.93. The zero-order chi connectivity index (χ0) is 21.2. The molecule has 8 heteroatoms. The molecule has 0 atom stereocenters. The van der Waals surface area contributed by atoms with Crippen molar-refractivity contribution < 1.29 is 8.42 Å². The van der Waals surface area contributed by atoms with E-state index in [1.165, 1.54) is 18.4 Å². The second-order valence-electron chi connectivity index (χ2n) is 7.73. The van der Waals surface area contributed by atoms with E-state index >= 15 is 0 Å². The third-order valence-corrected chi connectivity index (χ3v) is 6.48. The zero-order valence-corrected chi connectivity index (χ0v) is 18.8. The predicted molar refractivity (Wildman–Crippen MR) is 119 cm³/mol. The van der Waals surface area contributed by atoms with Crippen molar-refractivity contribution in [3.8, 4) is 11.1 Å². The topological polar surface area (TPSA) is 67.2 Å². The molecule has 0 unspecified atom stereocenters. The fourth-order valence-corrected chi connectivity index (χ4v) is 4.11. The summed E-state index contributed by atoms with van der Waals surface area (Å²) < 4.78 is 30.0. The van der Waals surface area contributed by atoms with Crippen LogP contribution in [0.3, 0.4) is 0 Å². The van der Waals surface area contributed by atoms with Crippen molar-refractivity contribution in [2.24, 2.45) is 5.92 Å². The van der Waals surface area contributed by atoms with Crippen LogP contribution in [0.2, 0.25) is 5.15 Å². The molecular formula is C21H27ClN4O2S. The first-order valence-corrected chi connectivity index (χ1v) is 11.4. The SMILES string of the molecule is CC(C)Cn1cc(CCNS(=O)(=O)N(C)C)c2ccc(-c3ccnc(Cl)c3)cc21. The Kier molecular flexibility index (Phi) is 6.63. The minimum Gasteiger partial charge on any atom is -0.347 e. The van der Waals surface area contributed by atoms with E-state index in [4.69, 9.17) is 11.6 Å². The molecule has 0 saturated carbocycles. The van der Waals surface area contributed by atoms with Crippen LogP contribution in [-0.2, 0) is 23.2 Å². The van der Waals surface area contributed by atoms with E-state index in [1.807, 2.05) is 12.1 Å². The Bertz CT molecular complexity index is 1110. The highest BCUT2D eigenvalue weighted by atomic mass is 35.5. The molecular weight excluding hydrogens is 408 g/mol. The summed E-state index contributed by atoms with van der Waals surface area (Å²) in [5, 5.41) is 1.60. The number of benzene rings is 1. The van der Waals surface area contributed by atoms with Gasteiger partial charge in [-0.05, 0) is 47.2 Å². The quantitative estimate of drug-likeness (QED) is 0.546. The number of hydrogen-bond acceptors (Lipinski definition) is 3. The van der Waals surface area contributed by atoms with Gasteiger partial charge in [0.15, 0.2) is 0 Å². The molecule has 2 heterocycles. The van der Waals surface area contributed by atoms with Gasteiger partial charge in [-0.1, -0.05) is 37.6 Å². The summed E-state index contributed by atoms with van der Waals surface area (Å²) in [7, 11) is -0.387. The van der Waals surface area contributed by atoms with Crippen molar-refractivity contribution in [3.05, 3.63) is 53.4 Å². The summed E-state index contributed by atoms with van der Waals surface area (Å²) in [5.74, 6) is 0.490. The number of fused-ring (bicyclic) bond motifs is 1. The van der Waals surface area contributed by atoms with Gasteiger partial charge in [-0.15, -0.1) is 0 Å². The number of pyridine rings is 1. The monoisotopic (exact) mass is 434 g/mol. The standard InChI is InChI=1S/C21H27ClN4O2S/c1-15(2)13-26-14-18(8-10-24-29(27,28)25(3)4)19-6-5-16(11-20(19)26)17-7-9-23-21(22)12-17/h5-7,9,11-12,14-15,24H,8,10,13H2,1-4H3. The molecule has 156 valence electrons. The van der Waals surface area contributed by atoms with E-state index in [-0.39, 0.29) is 0 Å². The maximum Gasteiger partial charge on any atom is 0.278 e.